The number of carboxylic acids is 1. The van der Waals surface area contributed by atoms with Crippen molar-refractivity contribution in [2.45, 2.75) is 31.7 Å². The zero-order valence-corrected chi connectivity index (χ0v) is 17.0. The molecule has 2 aromatic carbocycles. The molecule has 3 unspecified atom stereocenters. The zero-order chi connectivity index (χ0) is 20.6. The molecular formula is C23H25ClO5. The first-order valence-corrected chi connectivity index (χ1v) is 9.99. The largest absolute Gasteiger partial charge is 0.496 e. The molecule has 0 spiro atoms. The molecule has 154 valence electrons. The number of allylic oxidation sites excluding steroid dienone is 2. The van der Waals surface area contributed by atoms with Gasteiger partial charge >= 0.3 is 5.97 Å². The van der Waals surface area contributed by atoms with Gasteiger partial charge in [0.1, 0.15) is 5.75 Å². The van der Waals surface area contributed by atoms with E-state index in [0.29, 0.717) is 24.5 Å². The normalized spacial score (nSPS) is 21.9. The lowest BCUT2D eigenvalue weighted by molar-refractivity contribution is -0.244. The number of benzene rings is 2. The van der Waals surface area contributed by atoms with E-state index in [2.05, 4.69) is 0 Å². The standard InChI is InChI=1S/C23H25ClO5/c1-27-20-13-8-6-11-18(20)22-16(9-3-2-4-14-21(25)26)15-28-23(29-22)17-10-5-7-12-19(17)24/h2-3,5-8,10-13,16,22-23H,4,9,14-15H2,1H3,(H,25,26)/b3-2-. The molecule has 0 bridgehead atoms. The van der Waals surface area contributed by atoms with Crippen LogP contribution in [0.3, 0.4) is 0 Å². The van der Waals surface area contributed by atoms with E-state index in [1.54, 1.807) is 7.11 Å². The van der Waals surface area contributed by atoms with E-state index in [1.807, 2.05) is 60.7 Å². The minimum atomic E-state index is -0.798. The van der Waals surface area contributed by atoms with Crippen LogP contribution in [0.15, 0.2) is 60.7 Å². The average molecular weight is 417 g/mol. The Kier molecular flexibility index (Phi) is 7.69. The minimum Gasteiger partial charge on any atom is -0.496 e. The fraction of sp³-hybridized carbons (Fsp3) is 0.348. The van der Waals surface area contributed by atoms with Crippen LogP contribution < -0.4 is 4.74 Å². The Labute approximate surface area is 175 Å². The summed E-state index contributed by atoms with van der Waals surface area (Å²) in [6.07, 6.45) is 4.42. The number of para-hydroxylation sites is 1. The van der Waals surface area contributed by atoms with Crippen molar-refractivity contribution >= 4 is 17.6 Å². The highest BCUT2D eigenvalue weighted by Gasteiger charge is 2.35. The smallest absolute Gasteiger partial charge is 0.303 e. The van der Waals surface area contributed by atoms with Crippen molar-refractivity contribution in [3.05, 3.63) is 76.8 Å². The van der Waals surface area contributed by atoms with Gasteiger partial charge in [0.05, 0.1) is 19.8 Å². The Hall–Kier alpha value is -2.34. The van der Waals surface area contributed by atoms with E-state index in [9.17, 15) is 4.79 Å². The summed E-state index contributed by atoms with van der Waals surface area (Å²) in [6.45, 7) is 0.488. The van der Waals surface area contributed by atoms with Crippen molar-refractivity contribution in [1.29, 1.82) is 0 Å². The van der Waals surface area contributed by atoms with E-state index in [0.717, 1.165) is 16.9 Å². The average Bonchev–Trinajstić information content (AvgIpc) is 2.74. The van der Waals surface area contributed by atoms with Gasteiger partial charge in [0.25, 0.3) is 0 Å². The SMILES string of the molecule is COc1ccccc1C1OC(c2ccccc2Cl)OCC1C/C=C\CCC(=O)O. The molecule has 0 radical (unpaired) electrons. The summed E-state index contributed by atoms with van der Waals surface area (Å²) in [5.74, 6) is 0.0248. The Morgan fingerprint density at radius 2 is 1.90 bits per heavy atom. The van der Waals surface area contributed by atoms with Crippen LogP contribution in [0.2, 0.25) is 5.02 Å². The van der Waals surface area contributed by atoms with Gasteiger partial charge in [-0.25, -0.2) is 0 Å². The zero-order valence-electron chi connectivity index (χ0n) is 16.3. The fourth-order valence-electron chi connectivity index (χ4n) is 3.43. The number of halogens is 1. The molecule has 29 heavy (non-hydrogen) atoms. The molecule has 1 fully saturated rings. The Morgan fingerprint density at radius 3 is 2.62 bits per heavy atom. The van der Waals surface area contributed by atoms with Gasteiger partial charge in [-0.05, 0) is 25.0 Å². The van der Waals surface area contributed by atoms with E-state index >= 15 is 0 Å². The van der Waals surface area contributed by atoms with Crippen LogP contribution >= 0.6 is 11.6 Å². The van der Waals surface area contributed by atoms with Crippen LogP contribution in [0.25, 0.3) is 0 Å². The molecule has 1 N–H and O–H groups in total. The lowest BCUT2D eigenvalue weighted by atomic mass is 9.91. The number of hydrogen-bond acceptors (Lipinski definition) is 4. The lowest BCUT2D eigenvalue weighted by Gasteiger charge is -2.37. The van der Waals surface area contributed by atoms with Gasteiger partial charge in [0.2, 0.25) is 0 Å². The van der Waals surface area contributed by atoms with Crippen LogP contribution in [0.5, 0.6) is 5.75 Å². The van der Waals surface area contributed by atoms with E-state index in [-0.39, 0.29) is 18.4 Å². The summed E-state index contributed by atoms with van der Waals surface area (Å²) in [6, 6.07) is 15.3. The molecule has 3 atom stereocenters. The number of carbonyl (C=O) groups is 1. The van der Waals surface area contributed by atoms with Crippen LogP contribution in [-0.4, -0.2) is 24.8 Å². The minimum absolute atomic E-state index is 0.0612. The Balaban J connectivity index is 1.81. The van der Waals surface area contributed by atoms with Gasteiger partial charge in [-0.15, -0.1) is 0 Å². The van der Waals surface area contributed by atoms with E-state index < -0.39 is 12.3 Å². The lowest BCUT2D eigenvalue weighted by Crippen LogP contribution is -2.30. The second kappa shape index (κ2) is 10.4. The highest BCUT2D eigenvalue weighted by molar-refractivity contribution is 6.31. The number of aliphatic carboxylic acids is 1. The van der Waals surface area contributed by atoms with Crippen molar-refractivity contribution in [1.82, 2.24) is 0 Å². The fourth-order valence-corrected chi connectivity index (χ4v) is 3.65. The maximum absolute atomic E-state index is 10.7. The summed E-state index contributed by atoms with van der Waals surface area (Å²) < 4.78 is 17.9. The third kappa shape index (κ3) is 5.60. The molecular weight excluding hydrogens is 392 g/mol. The summed E-state index contributed by atoms with van der Waals surface area (Å²) in [5, 5.41) is 9.37. The predicted molar refractivity (Wildman–Crippen MR) is 111 cm³/mol. The Bertz CT molecular complexity index is 851. The first-order chi connectivity index (χ1) is 14.1. The molecule has 0 amide bonds. The van der Waals surface area contributed by atoms with Crippen molar-refractivity contribution < 1.29 is 24.1 Å². The monoisotopic (exact) mass is 416 g/mol. The quantitative estimate of drug-likeness (QED) is 0.570. The van der Waals surface area contributed by atoms with Crippen molar-refractivity contribution in [2.24, 2.45) is 5.92 Å². The molecule has 5 nitrogen and oxygen atoms in total. The Morgan fingerprint density at radius 1 is 1.17 bits per heavy atom. The molecule has 2 aromatic rings. The topological polar surface area (TPSA) is 65.0 Å². The summed E-state index contributed by atoms with van der Waals surface area (Å²) in [7, 11) is 1.64. The molecule has 0 saturated carbocycles. The number of methoxy groups -OCH3 is 1. The van der Waals surface area contributed by atoms with Crippen LogP contribution in [-0.2, 0) is 14.3 Å². The highest BCUT2D eigenvalue weighted by Crippen LogP contribution is 2.43. The second-order valence-electron chi connectivity index (χ2n) is 6.89. The number of rotatable bonds is 8. The molecule has 1 saturated heterocycles. The highest BCUT2D eigenvalue weighted by atomic mass is 35.5. The van der Waals surface area contributed by atoms with Crippen molar-refractivity contribution in [3.63, 3.8) is 0 Å². The first-order valence-electron chi connectivity index (χ1n) is 9.61. The van der Waals surface area contributed by atoms with Gasteiger partial charge in [0.15, 0.2) is 6.29 Å². The van der Waals surface area contributed by atoms with E-state index in [1.165, 1.54) is 0 Å². The maximum Gasteiger partial charge on any atom is 0.303 e. The summed E-state index contributed by atoms with van der Waals surface area (Å²) >= 11 is 6.35. The van der Waals surface area contributed by atoms with Crippen LogP contribution in [0, 0.1) is 5.92 Å². The molecule has 1 heterocycles. The van der Waals surface area contributed by atoms with Gasteiger partial charge in [0, 0.05) is 28.5 Å². The molecule has 1 aliphatic rings. The van der Waals surface area contributed by atoms with Crippen molar-refractivity contribution in [3.8, 4) is 5.75 Å². The molecule has 1 aliphatic heterocycles. The maximum atomic E-state index is 10.7. The van der Waals surface area contributed by atoms with Gasteiger partial charge in [-0.3, -0.25) is 4.79 Å². The van der Waals surface area contributed by atoms with Gasteiger partial charge in [-0.1, -0.05) is 60.2 Å². The van der Waals surface area contributed by atoms with Crippen LogP contribution in [0.4, 0.5) is 0 Å². The number of hydrogen-bond donors (Lipinski definition) is 1. The second-order valence-corrected chi connectivity index (χ2v) is 7.29. The van der Waals surface area contributed by atoms with Gasteiger partial charge in [-0.2, -0.15) is 0 Å². The molecule has 3 rings (SSSR count). The molecule has 0 aliphatic carbocycles. The number of carboxylic acid groups (broad SMARTS) is 1. The predicted octanol–water partition coefficient (Wildman–Crippen LogP) is 5.56. The third-order valence-corrected chi connectivity index (χ3v) is 5.24. The number of ether oxygens (including phenoxy) is 3. The first kappa shape index (κ1) is 21.4. The summed E-state index contributed by atoms with van der Waals surface area (Å²) in [5.41, 5.74) is 1.75. The van der Waals surface area contributed by atoms with Crippen LogP contribution in [0.1, 0.15) is 42.8 Å². The van der Waals surface area contributed by atoms with E-state index in [4.69, 9.17) is 30.9 Å². The molecule has 6 heteroatoms. The van der Waals surface area contributed by atoms with Gasteiger partial charge < -0.3 is 19.3 Å². The molecule has 0 aromatic heterocycles. The third-order valence-electron chi connectivity index (χ3n) is 4.90. The summed E-state index contributed by atoms with van der Waals surface area (Å²) in [4.78, 5) is 10.7. The van der Waals surface area contributed by atoms with Crippen molar-refractivity contribution in [2.75, 3.05) is 13.7 Å².